The minimum atomic E-state index is -3.91. The number of aliphatic hydroxyl groups is 1. The summed E-state index contributed by atoms with van der Waals surface area (Å²) in [4.78, 5) is 27.0. The Balaban J connectivity index is 2.08. The van der Waals surface area contributed by atoms with Crippen LogP contribution in [-0.4, -0.2) is 46.7 Å². The van der Waals surface area contributed by atoms with Crippen molar-refractivity contribution in [2.75, 3.05) is 6.26 Å². The molecular weight excluding hydrogens is 320 g/mol. The maximum absolute atomic E-state index is 12.0. The number of carbonyl (C=O) groups is 2. The Morgan fingerprint density at radius 1 is 1.52 bits per heavy atom. The molecule has 1 aromatic rings. The smallest absolute Gasteiger partial charge is 0.269 e. The summed E-state index contributed by atoms with van der Waals surface area (Å²) in [5, 5.41) is 11.9. The fourth-order valence-corrected chi connectivity index (χ4v) is 2.92. The summed E-state index contributed by atoms with van der Waals surface area (Å²) in [6.07, 6.45) is 0.943. The van der Waals surface area contributed by atoms with Gasteiger partial charge in [0.15, 0.2) is 5.60 Å². The summed E-state index contributed by atoms with van der Waals surface area (Å²) in [7, 11) is -3.91. The molecule has 3 N–H and O–H groups in total. The highest BCUT2D eigenvalue weighted by Gasteiger charge is 2.61. The molecule has 9 nitrogen and oxygen atoms in total. The molecule has 2 atom stereocenters. The van der Waals surface area contributed by atoms with Crippen molar-refractivity contribution in [2.24, 2.45) is 0 Å². The van der Waals surface area contributed by atoms with Gasteiger partial charge in [0.1, 0.15) is 0 Å². The van der Waals surface area contributed by atoms with Crippen LogP contribution >= 0.6 is 11.3 Å². The molecule has 1 fully saturated rings. The molecule has 0 aromatic carbocycles. The van der Waals surface area contributed by atoms with Gasteiger partial charge in [0.05, 0.1) is 17.5 Å². The molecule has 1 aliphatic carbocycles. The van der Waals surface area contributed by atoms with E-state index in [0.717, 1.165) is 13.2 Å². The van der Waals surface area contributed by atoms with Crippen molar-refractivity contribution < 1.29 is 23.1 Å². The van der Waals surface area contributed by atoms with E-state index in [2.05, 4.69) is 4.98 Å². The number of amides is 2. The van der Waals surface area contributed by atoms with E-state index < -0.39 is 33.4 Å². The number of thiazole rings is 1. The monoisotopic (exact) mass is 334 g/mol. The van der Waals surface area contributed by atoms with Gasteiger partial charge in [-0.15, -0.1) is 11.3 Å². The molecule has 11 heteroatoms. The van der Waals surface area contributed by atoms with Gasteiger partial charge in [-0.3, -0.25) is 20.4 Å². The van der Waals surface area contributed by atoms with Crippen LogP contribution in [0.5, 0.6) is 0 Å². The van der Waals surface area contributed by atoms with Crippen LogP contribution < -0.4 is 10.9 Å². The number of nitrogens with zero attached hydrogens (tertiary/aromatic N) is 2. The number of sulfonamides is 1. The summed E-state index contributed by atoms with van der Waals surface area (Å²) >= 11 is 1.33. The highest BCUT2D eigenvalue weighted by Crippen LogP contribution is 2.51. The van der Waals surface area contributed by atoms with E-state index in [-0.39, 0.29) is 10.9 Å². The maximum atomic E-state index is 12.0. The van der Waals surface area contributed by atoms with E-state index in [1.807, 2.05) is 10.9 Å². The molecule has 1 heterocycles. The van der Waals surface area contributed by atoms with Crippen molar-refractivity contribution in [3.8, 4) is 0 Å². The van der Waals surface area contributed by atoms with Gasteiger partial charge in [0.2, 0.25) is 15.9 Å². The van der Waals surface area contributed by atoms with E-state index in [1.54, 1.807) is 10.9 Å². The van der Waals surface area contributed by atoms with Crippen LogP contribution in [-0.2, 0) is 19.6 Å². The molecule has 1 aliphatic rings. The van der Waals surface area contributed by atoms with Crippen molar-refractivity contribution in [3.05, 3.63) is 16.6 Å². The van der Waals surface area contributed by atoms with Crippen LogP contribution in [0.2, 0.25) is 0 Å². The second kappa shape index (κ2) is 5.33. The lowest BCUT2D eigenvalue weighted by molar-refractivity contribution is -0.137. The molecule has 1 saturated carbocycles. The SMILES string of the molecule is CC(=O)NN(NC(=O)C1(O)CC1c1cscn1)S(C)(=O)=O. The Morgan fingerprint density at radius 2 is 2.19 bits per heavy atom. The van der Waals surface area contributed by atoms with E-state index in [1.165, 1.54) is 11.3 Å². The predicted octanol–water partition coefficient (Wildman–Crippen LogP) is -1.29. The van der Waals surface area contributed by atoms with Gasteiger partial charge in [0, 0.05) is 18.2 Å². The van der Waals surface area contributed by atoms with Gasteiger partial charge >= 0.3 is 0 Å². The number of hydrogen-bond donors (Lipinski definition) is 3. The zero-order valence-electron chi connectivity index (χ0n) is 11.2. The fourth-order valence-electron chi connectivity index (χ4n) is 1.77. The second-order valence-corrected chi connectivity index (χ2v) is 7.28. The van der Waals surface area contributed by atoms with Crippen molar-refractivity contribution >= 4 is 33.2 Å². The Hall–Kier alpha value is -1.56. The van der Waals surface area contributed by atoms with Crippen molar-refractivity contribution in [2.45, 2.75) is 24.9 Å². The Labute approximate surface area is 125 Å². The number of hydrogen-bond acceptors (Lipinski definition) is 7. The minimum absolute atomic E-state index is 0.139. The molecule has 21 heavy (non-hydrogen) atoms. The lowest BCUT2D eigenvalue weighted by atomic mass is 10.2. The van der Waals surface area contributed by atoms with Crippen LogP contribution in [0.15, 0.2) is 10.9 Å². The number of aromatic nitrogens is 1. The molecule has 0 bridgehead atoms. The second-order valence-electron chi connectivity index (χ2n) is 4.73. The number of rotatable bonds is 5. The minimum Gasteiger partial charge on any atom is -0.379 e. The maximum Gasteiger partial charge on any atom is 0.269 e. The first kappa shape index (κ1) is 15.8. The number of nitrogens with one attached hydrogen (secondary N) is 2. The highest BCUT2D eigenvalue weighted by molar-refractivity contribution is 7.88. The molecule has 0 aliphatic heterocycles. The molecule has 0 saturated heterocycles. The molecule has 2 unspecified atom stereocenters. The first-order valence-electron chi connectivity index (χ1n) is 5.83. The van der Waals surface area contributed by atoms with Crippen molar-refractivity contribution in [1.82, 2.24) is 20.4 Å². The summed E-state index contributed by atoms with van der Waals surface area (Å²) < 4.78 is 23.2. The normalized spacial score (nSPS) is 24.7. The Bertz CT molecular complexity index is 659. The third-order valence-corrected chi connectivity index (χ3v) is 4.38. The zero-order valence-corrected chi connectivity index (χ0v) is 12.9. The zero-order chi connectivity index (χ0) is 15.8. The highest BCUT2D eigenvalue weighted by atomic mass is 32.2. The lowest BCUT2D eigenvalue weighted by Crippen LogP contribution is -2.57. The van der Waals surface area contributed by atoms with Gasteiger partial charge in [-0.2, -0.15) is 0 Å². The van der Waals surface area contributed by atoms with Gasteiger partial charge in [-0.1, -0.05) is 0 Å². The standard InChI is InChI=1S/C10H14N4O5S2/c1-6(15)12-14(21(2,18)19)13-9(16)10(17)3-7(10)8-4-20-5-11-8/h4-5,7,17H,3H2,1-2H3,(H,12,15)(H,13,16). The van der Waals surface area contributed by atoms with E-state index in [4.69, 9.17) is 0 Å². The molecule has 2 amide bonds. The number of hydrazine groups is 2. The fraction of sp³-hybridized carbons (Fsp3) is 0.500. The van der Waals surface area contributed by atoms with Crippen LogP contribution in [0.25, 0.3) is 0 Å². The van der Waals surface area contributed by atoms with E-state index in [0.29, 0.717) is 5.69 Å². The summed E-state index contributed by atoms with van der Waals surface area (Å²) in [6.45, 7) is 1.09. The van der Waals surface area contributed by atoms with Gasteiger partial charge in [-0.05, 0) is 10.9 Å². The predicted molar refractivity (Wildman–Crippen MR) is 73.1 cm³/mol. The summed E-state index contributed by atoms with van der Waals surface area (Å²) in [6, 6.07) is 0. The largest absolute Gasteiger partial charge is 0.379 e. The van der Waals surface area contributed by atoms with Gasteiger partial charge in [0.25, 0.3) is 5.91 Å². The van der Waals surface area contributed by atoms with E-state index >= 15 is 0 Å². The van der Waals surface area contributed by atoms with Crippen LogP contribution in [0.1, 0.15) is 25.0 Å². The Morgan fingerprint density at radius 3 is 2.67 bits per heavy atom. The van der Waals surface area contributed by atoms with Crippen LogP contribution in [0.3, 0.4) is 0 Å². The third-order valence-electron chi connectivity index (χ3n) is 2.93. The first-order chi connectivity index (χ1) is 9.64. The molecule has 2 rings (SSSR count). The van der Waals surface area contributed by atoms with Crippen molar-refractivity contribution in [3.63, 3.8) is 0 Å². The summed E-state index contributed by atoms with van der Waals surface area (Å²) in [5.74, 6) is -2.08. The average Bonchev–Trinajstić information content (AvgIpc) is 2.82. The Kier molecular flexibility index (Phi) is 4.02. The first-order valence-corrected chi connectivity index (χ1v) is 8.63. The van der Waals surface area contributed by atoms with Gasteiger partial charge < -0.3 is 5.11 Å². The van der Waals surface area contributed by atoms with Gasteiger partial charge in [-0.25, -0.2) is 13.4 Å². The van der Waals surface area contributed by atoms with Crippen molar-refractivity contribution in [1.29, 1.82) is 0 Å². The van der Waals surface area contributed by atoms with E-state index in [9.17, 15) is 23.1 Å². The van der Waals surface area contributed by atoms with Crippen LogP contribution in [0, 0.1) is 0 Å². The molecule has 1 aromatic heterocycles. The molecule has 116 valence electrons. The number of carbonyl (C=O) groups excluding carboxylic acids is 2. The van der Waals surface area contributed by atoms with Crippen LogP contribution in [0.4, 0.5) is 0 Å². The molecule has 0 spiro atoms. The molecule has 0 radical (unpaired) electrons. The lowest BCUT2D eigenvalue weighted by Gasteiger charge is -2.22. The third kappa shape index (κ3) is 3.37. The molecular formula is C10H14N4O5S2. The topological polar surface area (TPSA) is 129 Å². The summed E-state index contributed by atoms with van der Waals surface area (Å²) in [5.41, 5.74) is 4.35. The quantitative estimate of drug-likeness (QED) is 0.574. The average molecular weight is 334 g/mol.